The van der Waals surface area contributed by atoms with Crippen molar-refractivity contribution in [2.45, 2.75) is 20.3 Å². The monoisotopic (exact) mass is 389 g/mol. The molecule has 29 heavy (non-hydrogen) atoms. The molecule has 0 aliphatic rings. The average Bonchev–Trinajstić information content (AvgIpc) is 3.03. The molecule has 1 N–H and O–H groups in total. The van der Waals surface area contributed by atoms with Gasteiger partial charge in [0.2, 0.25) is 0 Å². The van der Waals surface area contributed by atoms with Crippen molar-refractivity contribution >= 4 is 22.6 Å². The zero-order valence-corrected chi connectivity index (χ0v) is 16.7. The fourth-order valence-electron chi connectivity index (χ4n) is 3.15. The summed E-state index contributed by atoms with van der Waals surface area (Å²) in [5.74, 6) is -0.0482. The Labute approximate surface area is 169 Å². The minimum atomic E-state index is -0.560. The highest BCUT2D eigenvalue weighted by atomic mass is 16.5. The number of para-hydroxylation sites is 2. The van der Waals surface area contributed by atoms with Crippen molar-refractivity contribution in [1.82, 2.24) is 9.55 Å². The number of ether oxygens (including phenoxy) is 1. The fraction of sp³-hybridized carbons (Fsp3) is 0.261. The minimum absolute atomic E-state index is 0.0243. The molecule has 0 saturated carbocycles. The highest BCUT2D eigenvalue weighted by molar-refractivity contribution is 5.90. The maximum absolute atomic E-state index is 12.3. The number of aliphatic hydroxyl groups is 1. The predicted octanol–water partition coefficient (Wildman–Crippen LogP) is 4.42. The lowest BCUT2D eigenvalue weighted by Crippen LogP contribution is -2.10. The molecule has 0 bridgehead atoms. The standard InChI is InChI=1S/C23H23N3O3/c1-15(2)12-16-8-10-17(11-9-16)23(28)29-14-21(27)18(13-24)22-25-19-6-4-5-7-20(19)26(22)3/h4-11,15,27H,12,14H2,1-3H3/b21-18-. The molecule has 1 aromatic heterocycles. The molecule has 0 amide bonds. The number of carbonyl (C=O) groups excluding carboxylic acids is 1. The summed E-state index contributed by atoms with van der Waals surface area (Å²) in [5.41, 5.74) is 3.06. The van der Waals surface area contributed by atoms with E-state index in [2.05, 4.69) is 18.8 Å². The van der Waals surface area contributed by atoms with Crippen LogP contribution in [0.2, 0.25) is 0 Å². The Bertz CT molecular complexity index is 1100. The normalized spacial score (nSPS) is 12.0. The highest BCUT2D eigenvalue weighted by Gasteiger charge is 2.18. The molecular weight excluding hydrogens is 366 g/mol. The van der Waals surface area contributed by atoms with E-state index in [9.17, 15) is 15.2 Å². The molecule has 0 radical (unpaired) electrons. The number of aromatic nitrogens is 2. The number of aryl methyl sites for hydroxylation is 1. The first-order chi connectivity index (χ1) is 13.9. The number of hydrogen-bond acceptors (Lipinski definition) is 5. The van der Waals surface area contributed by atoms with E-state index >= 15 is 0 Å². The van der Waals surface area contributed by atoms with Crippen molar-refractivity contribution in [3.63, 3.8) is 0 Å². The summed E-state index contributed by atoms with van der Waals surface area (Å²) in [6.07, 6.45) is 0.933. The Morgan fingerprint density at radius 2 is 1.90 bits per heavy atom. The van der Waals surface area contributed by atoms with Crippen molar-refractivity contribution in [1.29, 1.82) is 5.26 Å². The number of benzene rings is 2. The predicted molar refractivity (Wildman–Crippen MR) is 111 cm³/mol. The second-order valence-corrected chi connectivity index (χ2v) is 7.29. The number of esters is 1. The van der Waals surface area contributed by atoms with Gasteiger partial charge in [0.25, 0.3) is 0 Å². The van der Waals surface area contributed by atoms with Crippen LogP contribution in [0.1, 0.15) is 35.6 Å². The molecule has 0 unspecified atom stereocenters. The molecule has 1 heterocycles. The third-order valence-corrected chi connectivity index (χ3v) is 4.58. The maximum Gasteiger partial charge on any atom is 0.338 e. The number of nitriles is 1. The van der Waals surface area contributed by atoms with Crippen molar-refractivity contribution in [3.8, 4) is 6.07 Å². The van der Waals surface area contributed by atoms with E-state index in [1.807, 2.05) is 42.5 Å². The molecule has 0 aliphatic carbocycles. The van der Waals surface area contributed by atoms with E-state index in [0.717, 1.165) is 17.5 Å². The summed E-state index contributed by atoms with van der Waals surface area (Å²) >= 11 is 0. The highest BCUT2D eigenvalue weighted by Crippen LogP contribution is 2.22. The number of aliphatic hydroxyl groups excluding tert-OH is 1. The summed E-state index contributed by atoms with van der Waals surface area (Å²) < 4.78 is 6.92. The van der Waals surface area contributed by atoms with Gasteiger partial charge in [-0.15, -0.1) is 0 Å². The van der Waals surface area contributed by atoms with Crippen LogP contribution in [0.15, 0.2) is 54.3 Å². The average molecular weight is 389 g/mol. The van der Waals surface area contributed by atoms with E-state index in [1.165, 1.54) is 0 Å². The largest absolute Gasteiger partial charge is 0.507 e. The number of nitrogens with zero attached hydrogens (tertiary/aromatic N) is 3. The van der Waals surface area contributed by atoms with Crippen LogP contribution in [0.25, 0.3) is 16.6 Å². The van der Waals surface area contributed by atoms with E-state index < -0.39 is 12.6 Å². The van der Waals surface area contributed by atoms with Crippen LogP contribution in [0.4, 0.5) is 0 Å². The SMILES string of the molecule is CC(C)Cc1ccc(C(=O)OC/C(O)=C(\C#N)c2nc3ccccc3n2C)cc1. The molecule has 3 rings (SSSR count). The number of carbonyl (C=O) groups is 1. The van der Waals surface area contributed by atoms with E-state index in [4.69, 9.17) is 4.74 Å². The van der Waals surface area contributed by atoms with Gasteiger partial charge in [0.1, 0.15) is 18.2 Å². The lowest BCUT2D eigenvalue weighted by atomic mass is 10.0. The Hall–Kier alpha value is -3.59. The zero-order chi connectivity index (χ0) is 21.0. The second-order valence-electron chi connectivity index (χ2n) is 7.29. The van der Waals surface area contributed by atoms with Gasteiger partial charge >= 0.3 is 5.97 Å². The molecule has 0 saturated heterocycles. The molecule has 0 fully saturated rings. The molecule has 148 valence electrons. The second kappa shape index (κ2) is 8.61. The summed E-state index contributed by atoms with van der Waals surface area (Å²) in [6.45, 7) is 3.86. The number of hydrogen-bond donors (Lipinski definition) is 1. The Morgan fingerprint density at radius 1 is 1.21 bits per heavy atom. The number of fused-ring (bicyclic) bond motifs is 1. The third kappa shape index (κ3) is 4.46. The van der Waals surface area contributed by atoms with Gasteiger partial charge in [0.15, 0.2) is 11.6 Å². The number of imidazole rings is 1. The molecule has 6 nitrogen and oxygen atoms in total. The van der Waals surface area contributed by atoms with Gasteiger partial charge < -0.3 is 14.4 Å². The molecule has 2 aromatic carbocycles. The van der Waals surface area contributed by atoms with Crippen molar-refractivity contribution in [2.75, 3.05) is 6.61 Å². The first kappa shape index (κ1) is 20.2. The van der Waals surface area contributed by atoms with Gasteiger partial charge in [-0.25, -0.2) is 9.78 Å². The fourth-order valence-corrected chi connectivity index (χ4v) is 3.15. The van der Waals surface area contributed by atoms with Crippen LogP contribution >= 0.6 is 0 Å². The van der Waals surface area contributed by atoms with Crippen molar-refractivity contribution in [2.24, 2.45) is 13.0 Å². The van der Waals surface area contributed by atoms with Gasteiger partial charge in [-0.3, -0.25) is 0 Å². The van der Waals surface area contributed by atoms with Gasteiger partial charge in [-0.2, -0.15) is 5.26 Å². The maximum atomic E-state index is 12.3. The van der Waals surface area contributed by atoms with Gasteiger partial charge in [0, 0.05) is 7.05 Å². The molecule has 0 spiro atoms. The molecule has 3 aromatic rings. The quantitative estimate of drug-likeness (QED) is 0.383. The summed E-state index contributed by atoms with van der Waals surface area (Å²) in [4.78, 5) is 16.7. The first-order valence-electron chi connectivity index (χ1n) is 9.40. The summed E-state index contributed by atoms with van der Waals surface area (Å²) in [5, 5.41) is 19.9. The molecule has 6 heteroatoms. The van der Waals surface area contributed by atoms with Crippen molar-refractivity contribution in [3.05, 3.63) is 71.2 Å². The van der Waals surface area contributed by atoms with Crippen LogP contribution in [-0.4, -0.2) is 27.2 Å². The van der Waals surface area contributed by atoms with Crippen LogP contribution < -0.4 is 0 Å². The lowest BCUT2D eigenvalue weighted by Gasteiger charge is -2.08. The molecule has 0 aliphatic heterocycles. The lowest BCUT2D eigenvalue weighted by molar-refractivity contribution is 0.0502. The van der Waals surface area contributed by atoms with E-state index in [1.54, 1.807) is 23.7 Å². The number of rotatable bonds is 6. The zero-order valence-electron chi connectivity index (χ0n) is 16.7. The summed E-state index contributed by atoms with van der Waals surface area (Å²) in [7, 11) is 1.76. The summed E-state index contributed by atoms with van der Waals surface area (Å²) in [6, 6.07) is 16.6. The van der Waals surface area contributed by atoms with Gasteiger partial charge in [-0.1, -0.05) is 38.1 Å². The first-order valence-corrected chi connectivity index (χ1v) is 9.40. The Kier molecular flexibility index (Phi) is 5.99. The number of allylic oxidation sites excluding steroid dienone is 1. The smallest absolute Gasteiger partial charge is 0.338 e. The van der Waals surface area contributed by atoms with Crippen molar-refractivity contribution < 1.29 is 14.6 Å². The third-order valence-electron chi connectivity index (χ3n) is 4.58. The minimum Gasteiger partial charge on any atom is -0.507 e. The van der Waals surface area contributed by atoms with Gasteiger partial charge in [-0.05, 0) is 42.2 Å². The van der Waals surface area contributed by atoms with E-state index in [0.29, 0.717) is 22.8 Å². The Balaban J connectivity index is 1.75. The van der Waals surface area contributed by atoms with Crippen LogP contribution in [0, 0.1) is 17.2 Å². The topological polar surface area (TPSA) is 88.1 Å². The molecule has 0 atom stereocenters. The van der Waals surface area contributed by atoms with Crippen LogP contribution in [-0.2, 0) is 18.2 Å². The molecular formula is C23H23N3O3. The Morgan fingerprint density at radius 3 is 2.52 bits per heavy atom. The van der Waals surface area contributed by atoms with Gasteiger partial charge in [0.05, 0.1) is 16.6 Å². The van der Waals surface area contributed by atoms with E-state index in [-0.39, 0.29) is 11.3 Å². The van der Waals surface area contributed by atoms with Crippen LogP contribution in [0.3, 0.4) is 0 Å². The van der Waals surface area contributed by atoms with Crippen LogP contribution in [0.5, 0.6) is 0 Å².